The minimum absolute atomic E-state index is 0.0655. The molecule has 8 nitrogen and oxygen atoms in total. The Bertz CT molecular complexity index is 1000. The monoisotopic (exact) mass is 395 g/mol. The van der Waals surface area contributed by atoms with Crippen LogP contribution in [0.25, 0.3) is 11.4 Å². The molecule has 11 heteroatoms. The fraction of sp³-hybridized carbons (Fsp3) is 0.176. The molecule has 3 aromatic rings. The summed E-state index contributed by atoms with van der Waals surface area (Å²) in [6.07, 6.45) is -4.83. The molecule has 0 unspecified atom stereocenters. The van der Waals surface area contributed by atoms with Gasteiger partial charge in [0.1, 0.15) is 17.1 Å². The van der Waals surface area contributed by atoms with Gasteiger partial charge < -0.3 is 14.0 Å². The number of benzene rings is 2. The Kier molecular flexibility index (Phi) is 5.16. The van der Waals surface area contributed by atoms with Crippen LogP contribution >= 0.6 is 0 Å². The zero-order chi connectivity index (χ0) is 20.3. The molecule has 1 aromatic heterocycles. The Balaban J connectivity index is 1.79. The molecule has 1 heterocycles. The van der Waals surface area contributed by atoms with Crippen molar-refractivity contribution in [3.05, 3.63) is 64.0 Å². The van der Waals surface area contributed by atoms with Crippen molar-refractivity contribution in [1.82, 2.24) is 10.1 Å². The maximum Gasteiger partial charge on any atom is 0.420 e. The minimum Gasteiger partial charge on any atom is -0.497 e. The number of hydrogen-bond acceptors (Lipinski definition) is 7. The Hall–Kier alpha value is -3.63. The highest BCUT2D eigenvalue weighted by Gasteiger charge is 2.36. The molecule has 0 amide bonds. The molecule has 0 spiro atoms. The lowest BCUT2D eigenvalue weighted by atomic mass is 10.1. The molecular weight excluding hydrogens is 383 g/mol. The summed E-state index contributed by atoms with van der Waals surface area (Å²) in [6.45, 7) is -0.447. The number of methoxy groups -OCH3 is 1. The molecule has 0 atom stereocenters. The highest BCUT2D eigenvalue weighted by atomic mass is 19.4. The van der Waals surface area contributed by atoms with Crippen molar-refractivity contribution in [2.24, 2.45) is 0 Å². The van der Waals surface area contributed by atoms with E-state index < -0.39 is 34.7 Å². The second-order valence-electron chi connectivity index (χ2n) is 5.47. The fourth-order valence-electron chi connectivity index (χ4n) is 2.31. The van der Waals surface area contributed by atoms with Gasteiger partial charge in [-0.2, -0.15) is 18.2 Å². The summed E-state index contributed by atoms with van der Waals surface area (Å²) in [5, 5.41) is 14.5. The molecule has 28 heavy (non-hydrogen) atoms. The van der Waals surface area contributed by atoms with Crippen LogP contribution in [0.2, 0.25) is 0 Å². The highest BCUT2D eigenvalue weighted by Crippen LogP contribution is 2.38. The van der Waals surface area contributed by atoms with Gasteiger partial charge in [-0.25, -0.2) is 0 Å². The smallest absolute Gasteiger partial charge is 0.420 e. The number of hydrogen-bond donors (Lipinski definition) is 0. The summed E-state index contributed by atoms with van der Waals surface area (Å²) in [5.41, 5.74) is -1.38. The quantitative estimate of drug-likeness (QED) is 0.454. The first-order valence-electron chi connectivity index (χ1n) is 7.73. The van der Waals surface area contributed by atoms with Gasteiger partial charge in [0.05, 0.1) is 12.0 Å². The van der Waals surface area contributed by atoms with Gasteiger partial charge in [0.15, 0.2) is 6.61 Å². The van der Waals surface area contributed by atoms with Crippen LogP contribution in [0.15, 0.2) is 47.0 Å². The summed E-state index contributed by atoms with van der Waals surface area (Å²) >= 11 is 0. The first kappa shape index (κ1) is 19.1. The number of rotatable bonds is 6. The second-order valence-corrected chi connectivity index (χ2v) is 5.47. The molecule has 0 fully saturated rings. The molecule has 0 aliphatic heterocycles. The van der Waals surface area contributed by atoms with E-state index in [0.717, 1.165) is 12.1 Å². The summed E-state index contributed by atoms with van der Waals surface area (Å²) in [7, 11) is 1.50. The van der Waals surface area contributed by atoms with Crippen molar-refractivity contribution >= 4 is 5.69 Å². The predicted molar refractivity (Wildman–Crippen MR) is 88.7 cm³/mol. The van der Waals surface area contributed by atoms with Gasteiger partial charge in [0, 0.05) is 17.7 Å². The minimum atomic E-state index is -4.83. The molecular formula is C17H12F3N3O5. The number of non-ortho nitro benzene ring substituents is 1. The van der Waals surface area contributed by atoms with Crippen molar-refractivity contribution in [3.8, 4) is 22.9 Å². The van der Waals surface area contributed by atoms with E-state index in [1.54, 1.807) is 24.3 Å². The summed E-state index contributed by atoms with van der Waals surface area (Å²) in [5.74, 6) is 0.126. The van der Waals surface area contributed by atoms with Crippen molar-refractivity contribution in [1.29, 1.82) is 0 Å². The van der Waals surface area contributed by atoms with Gasteiger partial charge in [-0.15, -0.1) is 0 Å². The van der Waals surface area contributed by atoms with Gasteiger partial charge in [-0.1, -0.05) is 17.3 Å². The maximum atomic E-state index is 13.1. The van der Waals surface area contributed by atoms with E-state index in [0.29, 0.717) is 17.4 Å². The van der Waals surface area contributed by atoms with Crippen LogP contribution in [-0.2, 0) is 12.8 Å². The van der Waals surface area contributed by atoms with Crippen molar-refractivity contribution in [2.75, 3.05) is 7.11 Å². The third kappa shape index (κ3) is 4.19. The number of nitro groups is 1. The fourth-order valence-corrected chi connectivity index (χ4v) is 2.31. The van der Waals surface area contributed by atoms with E-state index in [1.165, 1.54) is 7.11 Å². The first-order valence-corrected chi connectivity index (χ1v) is 7.73. The van der Waals surface area contributed by atoms with Crippen LogP contribution in [0.1, 0.15) is 11.5 Å². The van der Waals surface area contributed by atoms with Crippen molar-refractivity contribution < 1.29 is 32.1 Å². The van der Waals surface area contributed by atoms with Crippen LogP contribution in [0.3, 0.4) is 0 Å². The Morgan fingerprint density at radius 3 is 2.68 bits per heavy atom. The van der Waals surface area contributed by atoms with Crippen LogP contribution in [0.5, 0.6) is 11.5 Å². The summed E-state index contributed by atoms with van der Waals surface area (Å²) in [6, 6.07) is 9.00. The molecule has 0 aliphatic rings. The standard InChI is InChI=1S/C17H12F3N3O5/c1-26-12-4-2-3-10(7-12)16-21-15(28-22-16)9-27-14-6-5-11(23(24)25)8-13(14)17(18,19)20/h2-8H,9H2,1H3. The third-order valence-electron chi connectivity index (χ3n) is 3.63. The lowest BCUT2D eigenvalue weighted by Crippen LogP contribution is -2.09. The number of halogens is 3. The molecule has 0 bridgehead atoms. The SMILES string of the molecule is COc1cccc(-c2noc(COc3ccc([N+](=O)[O-])cc3C(F)(F)F)n2)c1. The zero-order valence-electron chi connectivity index (χ0n) is 14.3. The van der Waals surface area contributed by atoms with Crippen LogP contribution in [0.4, 0.5) is 18.9 Å². The molecule has 0 aliphatic carbocycles. The van der Waals surface area contributed by atoms with Gasteiger partial charge >= 0.3 is 6.18 Å². The lowest BCUT2D eigenvalue weighted by Gasteiger charge is -2.12. The number of aromatic nitrogens is 2. The average molecular weight is 395 g/mol. The first-order chi connectivity index (χ1) is 13.3. The Morgan fingerprint density at radius 2 is 2.00 bits per heavy atom. The number of nitrogens with zero attached hydrogens (tertiary/aromatic N) is 3. The van der Waals surface area contributed by atoms with Crippen LogP contribution < -0.4 is 9.47 Å². The van der Waals surface area contributed by atoms with E-state index in [2.05, 4.69) is 10.1 Å². The van der Waals surface area contributed by atoms with E-state index in [4.69, 9.17) is 14.0 Å². The predicted octanol–water partition coefficient (Wildman–Crippen LogP) is 4.25. The molecule has 0 radical (unpaired) electrons. The largest absolute Gasteiger partial charge is 0.497 e. The molecule has 0 N–H and O–H groups in total. The van der Waals surface area contributed by atoms with Crippen molar-refractivity contribution in [2.45, 2.75) is 12.8 Å². The van der Waals surface area contributed by atoms with E-state index >= 15 is 0 Å². The second kappa shape index (κ2) is 7.55. The van der Waals surface area contributed by atoms with Gasteiger partial charge in [-0.05, 0) is 18.2 Å². The van der Waals surface area contributed by atoms with E-state index in [9.17, 15) is 23.3 Å². The third-order valence-corrected chi connectivity index (χ3v) is 3.63. The highest BCUT2D eigenvalue weighted by molar-refractivity contribution is 5.56. The molecule has 3 rings (SSSR count). The molecule has 2 aromatic carbocycles. The number of alkyl halides is 3. The molecule has 0 saturated heterocycles. The lowest BCUT2D eigenvalue weighted by molar-refractivity contribution is -0.385. The van der Waals surface area contributed by atoms with E-state index in [1.807, 2.05) is 0 Å². The van der Waals surface area contributed by atoms with Gasteiger partial charge in [-0.3, -0.25) is 10.1 Å². The van der Waals surface area contributed by atoms with Crippen LogP contribution in [0, 0.1) is 10.1 Å². The van der Waals surface area contributed by atoms with Crippen LogP contribution in [-0.4, -0.2) is 22.2 Å². The Labute approximate surface area is 155 Å². The maximum absolute atomic E-state index is 13.1. The normalized spacial score (nSPS) is 11.3. The molecule has 0 saturated carbocycles. The summed E-state index contributed by atoms with van der Waals surface area (Å²) < 4.78 is 54.6. The number of ether oxygens (including phenoxy) is 2. The summed E-state index contributed by atoms with van der Waals surface area (Å²) in [4.78, 5) is 13.9. The molecule has 146 valence electrons. The topological polar surface area (TPSA) is 101 Å². The van der Waals surface area contributed by atoms with Gasteiger partial charge in [0.25, 0.3) is 11.6 Å². The average Bonchev–Trinajstić information content (AvgIpc) is 3.14. The Morgan fingerprint density at radius 1 is 1.21 bits per heavy atom. The number of nitro benzene ring substituents is 1. The van der Waals surface area contributed by atoms with Crippen molar-refractivity contribution in [3.63, 3.8) is 0 Å². The zero-order valence-corrected chi connectivity index (χ0v) is 14.3. The van der Waals surface area contributed by atoms with E-state index in [-0.39, 0.29) is 11.7 Å². The van der Waals surface area contributed by atoms with Gasteiger partial charge in [0.2, 0.25) is 5.82 Å².